The fourth-order valence-corrected chi connectivity index (χ4v) is 6.26. The number of amides is 1. The highest BCUT2D eigenvalue weighted by Gasteiger charge is 2.40. The number of carbonyl (C=O) groups excluding carboxylic acids is 1. The van der Waals surface area contributed by atoms with E-state index in [0.717, 1.165) is 29.3 Å². The fraction of sp³-hybridized carbons (Fsp3) is 0.480. The third-order valence-electron chi connectivity index (χ3n) is 6.13. The van der Waals surface area contributed by atoms with Crippen LogP contribution >= 0.6 is 7.82 Å². The zero-order valence-electron chi connectivity index (χ0n) is 22.6. The van der Waals surface area contributed by atoms with Crippen molar-refractivity contribution in [3.63, 3.8) is 0 Å². The molecular formula is C25H34N3O11PS. The van der Waals surface area contributed by atoms with Crippen molar-refractivity contribution >= 4 is 29.4 Å². The molecule has 1 heterocycles. The Morgan fingerprint density at radius 1 is 1.20 bits per heavy atom. The molecule has 226 valence electrons. The van der Waals surface area contributed by atoms with Crippen molar-refractivity contribution in [2.75, 3.05) is 25.5 Å². The van der Waals surface area contributed by atoms with Gasteiger partial charge >= 0.3 is 13.9 Å². The number of hydrazine groups is 1. The number of sulfone groups is 1. The molecule has 14 nitrogen and oxygen atoms in total. The standard InChI is InChI=1S/C25H34N3O11PS/c1-18(2)15-26-27(25(29)38-21-12-13-37-16-21)23(14-19-6-4-3-5-7-19)24(39-40(32,33)34)17-41(35,36)22-10-8-20(9-11-22)28(30)31/h3-11,18,21,23-24,26H,12-17H2,1-2H3,(H2,32,33,34)/t21-,23-,24-/m0/s1. The van der Waals surface area contributed by atoms with Crippen molar-refractivity contribution in [3.05, 3.63) is 70.3 Å². The van der Waals surface area contributed by atoms with Crippen molar-refractivity contribution in [1.82, 2.24) is 10.4 Å². The number of benzene rings is 2. The van der Waals surface area contributed by atoms with Crippen molar-refractivity contribution in [2.45, 2.75) is 49.8 Å². The number of ether oxygens (including phenoxy) is 2. The summed E-state index contributed by atoms with van der Waals surface area (Å²) < 4.78 is 54.9. The highest BCUT2D eigenvalue weighted by molar-refractivity contribution is 7.91. The summed E-state index contributed by atoms with van der Waals surface area (Å²) in [5.41, 5.74) is 3.23. The number of non-ortho nitro benzene ring substituents is 1. The summed E-state index contributed by atoms with van der Waals surface area (Å²) in [4.78, 5) is 43.0. The van der Waals surface area contributed by atoms with E-state index in [9.17, 15) is 37.7 Å². The van der Waals surface area contributed by atoms with Crippen molar-refractivity contribution in [3.8, 4) is 0 Å². The molecule has 0 aromatic heterocycles. The van der Waals surface area contributed by atoms with E-state index in [-0.39, 0.29) is 36.1 Å². The van der Waals surface area contributed by atoms with Gasteiger partial charge in [0.2, 0.25) is 0 Å². The summed E-state index contributed by atoms with van der Waals surface area (Å²) in [5, 5.41) is 12.0. The summed E-state index contributed by atoms with van der Waals surface area (Å²) in [6.45, 7) is 4.54. The quantitative estimate of drug-likeness (QED) is 0.160. The molecule has 41 heavy (non-hydrogen) atoms. The van der Waals surface area contributed by atoms with E-state index in [1.54, 1.807) is 30.3 Å². The third kappa shape index (κ3) is 10.1. The Kier molecular flexibility index (Phi) is 11.4. The van der Waals surface area contributed by atoms with Crippen molar-refractivity contribution < 1.29 is 46.5 Å². The maximum absolute atomic E-state index is 13.5. The van der Waals surface area contributed by atoms with E-state index in [0.29, 0.717) is 18.6 Å². The number of carbonyl (C=O) groups is 1. The summed E-state index contributed by atoms with van der Waals surface area (Å²) in [5.74, 6) is -0.949. The van der Waals surface area contributed by atoms with E-state index in [2.05, 4.69) is 5.43 Å². The van der Waals surface area contributed by atoms with Crippen LogP contribution < -0.4 is 5.43 Å². The smallest absolute Gasteiger partial charge is 0.443 e. The normalized spacial score (nSPS) is 17.2. The summed E-state index contributed by atoms with van der Waals surface area (Å²) in [6.07, 6.45) is -2.84. The van der Waals surface area contributed by atoms with Crippen LogP contribution in [0, 0.1) is 16.0 Å². The zero-order chi connectivity index (χ0) is 30.2. The SMILES string of the molecule is CC(C)CNN(C(=O)O[C@H]1CCOC1)[C@@H](Cc1ccccc1)[C@H](CS(=O)(=O)c1ccc([N+](=O)[O-])cc1)OP(=O)(O)O. The van der Waals surface area contributed by atoms with Gasteiger partial charge in [0.25, 0.3) is 5.69 Å². The maximum atomic E-state index is 13.5. The highest BCUT2D eigenvalue weighted by Crippen LogP contribution is 2.40. The van der Waals surface area contributed by atoms with E-state index < -0.39 is 52.7 Å². The molecule has 0 saturated carbocycles. The largest absolute Gasteiger partial charge is 0.469 e. The van der Waals surface area contributed by atoms with Gasteiger partial charge in [-0.25, -0.2) is 28.2 Å². The van der Waals surface area contributed by atoms with Crippen molar-refractivity contribution in [2.24, 2.45) is 5.92 Å². The number of nitrogens with zero attached hydrogens (tertiary/aromatic N) is 2. The van der Waals surface area contributed by atoms with Crippen LogP contribution in [0.4, 0.5) is 10.5 Å². The first kappa shape index (κ1) is 32.6. The van der Waals surface area contributed by atoms with Gasteiger partial charge in [0.1, 0.15) is 12.2 Å². The molecule has 3 rings (SSSR count). The summed E-state index contributed by atoms with van der Waals surface area (Å²) in [7, 11) is -9.64. The van der Waals surface area contributed by atoms with E-state index in [1.807, 2.05) is 13.8 Å². The molecule has 2 aromatic rings. The Morgan fingerprint density at radius 3 is 2.39 bits per heavy atom. The minimum atomic E-state index is -5.30. The Balaban J connectivity index is 2.05. The van der Waals surface area contributed by atoms with Gasteiger partial charge in [-0.05, 0) is 30.0 Å². The molecule has 3 N–H and O–H groups in total. The van der Waals surface area contributed by atoms with Crippen LogP contribution in [0.5, 0.6) is 0 Å². The second-order valence-electron chi connectivity index (χ2n) is 9.92. The van der Waals surface area contributed by atoms with Crippen LogP contribution in [0.25, 0.3) is 0 Å². The third-order valence-corrected chi connectivity index (χ3v) is 8.44. The molecule has 1 fully saturated rings. The van der Waals surface area contributed by atoms with Gasteiger partial charge < -0.3 is 19.3 Å². The topological polar surface area (TPSA) is 195 Å². The van der Waals surface area contributed by atoms with Crippen LogP contribution in [0.15, 0.2) is 59.5 Å². The van der Waals surface area contributed by atoms with Crippen LogP contribution in [0.1, 0.15) is 25.8 Å². The molecule has 1 aliphatic rings. The van der Waals surface area contributed by atoms with Gasteiger partial charge in [0.15, 0.2) is 9.84 Å². The molecule has 1 saturated heterocycles. The lowest BCUT2D eigenvalue weighted by atomic mass is 10.0. The first-order chi connectivity index (χ1) is 19.2. The predicted molar refractivity (Wildman–Crippen MR) is 146 cm³/mol. The van der Waals surface area contributed by atoms with E-state index in [1.165, 1.54) is 0 Å². The minimum absolute atomic E-state index is 0.0162. The van der Waals surface area contributed by atoms with Crippen LogP contribution in [-0.4, -0.2) is 78.0 Å². The maximum Gasteiger partial charge on any atom is 0.469 e. The molecule has 0 unspecified atom stereocenters. The average Bonchev–Trinajstić information content (AvgIpc) is 3.40. The van der Waals surface area contributed by atoms with Gasteiger partial charge in [-0.1, -0.05) is 44.2 Å². The Morgan fingerprint density at radius 2 is 1.85 bits per heavy atom. The molecule has 0 bridgehead atoms. The predicted octanol–water partition coefficient (Wildman–Crippen LogP) is 2.85. The first-order valence-electron chi connectivity index (χ1n) is 12.8. The molecule has 0 aliphatic carbocycles. The van der Waals surface area contributed by atoms with Crippen LogP contribution in [0.3, 0.4) is 0 Å². The second-order valence-corrected chi connectivity index (χ2v) is 13.1. The molecule has 1 amide bonds. The number of phosphoric ester groups is 1. The molecule has 2 aromatic carbocycles. The fourth-order valence-electron chi connectivity index (χ4n) is 4.12. The van der Waals surface area contributed by atoms with Gasteiger partial charge in [-0.3, -0.25) is 14.6 Å². The lowest BCUT2D eigenvalue weighted by Gasteiger charge is -2.37. The molecular weight excluding hydrogens is 581 g/mol. The summed E-state index contributed by atoms with van der Waals surface area (Å²) in [6, 6.07) is 11.4. The minimum Gasteiger partial charge on any atom is -0.443 e. The number of rotatable bonds is 14. The summed E-state index contributed by atoms with van der Waals surface area (Å²) >= 11 is 0. The number of hydrogen-bond acceptors (Lipinski definition) is 10. The van der Waals surface area contributed by atoms with E-state index in [4.69, 9.17) is 14.0 Å². The number of nitro benzene ring substituents is 1. The molecule has 1 aliphatic heterocycles. The van der Waals surface area contributed by atoms with Crippen LogP contribution in [0.2, 0.25) is 0 Å². The monoisotopic (exact) mass is 615 g/mol. The van der Waals surface area contributed by atoms with Gasteiger partial charge in [0, 0.05) is 25.1 Å². The highest BCUT2D eigenvalue weighted by atomic mass is 32.2. The number of nitrogens with one attached hydrogen (secondary N) is 1. The van der Waals surface area contributed by atoms with Gasteiger partial charge in [0.05, 0.1) is 34.8 Å². The van der Waals surface area contributed by atoms with Crippen LogP contribution in [-0.2, 0) is 34.8 Å². The molecule has 3 atom stereocenters. The zero-order valence-corrected chi connectivity index (χ0v) is 24.3. The Bertz CT molecular complexity index is 1310. The average molecular weight is 616 g/mol. The van der Waals surface area contributed by atoms with Gasteiger partial charge in [-0.2, -0.15) is 0 Å². The number of phosphoric acid groups is 1. The number of nitro groups is 1. The second kappa shape index (κ2) is 14.3. The lowest BCUT2D eigenvalue weighted by Crippen LogP contribution is -2.58. The molecule has 16 heteroatoms. The molecule has 0 spiro atoms. The Hall–Kier alpha value is -2.91. The Labute approximate surface area is 237 Å². The van der Waals surface area contributed by atoms with E-state index >= 15 is 0 Å². The molecule has 0 radical (unpaired) electrons. The first-order valence-corrected chi connectivity index (χ1v) is 16.0. The van der Waals surface area contributed by atoms with Gasteiger partial charge in [-0.15, -0.1) is 0 Å². The van der Waals surface area contributed by atoms with Crippen molar-refractivity contribution in [1.29, 1.82) is 0 Å². The lowest BCUT2D eigenvalue weighted by molar-refractivity contribution is -0.384. The number of hydrogen-bond donors (Lipinski definition) is 3.